The number of hydrogen-bond acceptors (Lipinski definition) is 4. The van der Waals surface area contributed by atoms with E-state index >= 15 is 0 Å². The number of hydrogen-bond donors (Lipinski definition) is 0. The smallest absolute Gasteiger partial charge is 0.138 e. The van der Waals surface area contributed by atoms with Gasteiger partial charge in [0.1, 0.15) is 16.9 Å². The molecule has 0 aliphatic rings. The topological polar surface area (TPSA) is 66.3 Å². The molecule has 0 fully saturated rings. The molecule has 0 saturated carbocycles. The minimum absolute atomic E-state index is 0.839. The fourth-order valence-corrected chi connectivity index (χ4v) is 10.4. The van der Waals surface area contributed by atoms with Crippen LogP contribution in [0.4, 0.5) is 0 Å². The van der Waals surface area contributed by atoms with Crippen molar-refractivity contribution in [1.82, 2.24) is 33.6 Å². The number of pyridine rings is 4. The van der Waals surface area contributed by atoms with Crippen LogP contribution in [0.5, 0.6) is 0 Å². The molecule has 0 unspecified atom stereocenters. The summed E-state index contributed by atoms with van der Waals surface area (Å²) in [7, 11) is 0. The molecule has 0 aliphatic carbocycles. The van der Waals surface area contributed by atoms with Crippen molar-refractivity contribution in [3.8, 4) is 62.0 Å². The van der Waals surface area contributed by atoms with Gasteiger partial charge in [0.15, 0.2) is 0 Å². The predicted molar refractivity (Wildman–Crippen MR) is 282 cm³/mol. The standard InChI is InChI=1S/C62H39N7/c1-4-15-40(16-5-1)44-36-53(41-17-6-2-7-18-41)65-60(37-44)69-55-24-13-11-22-49(55)51-35-43(27-30-57(51)69)42-26-29-56-50(34-42)48-21-10-12-23-54(48)68(56)47-33-45(38-63-39-47)52-28-31-59-62(66-52)61-58(25-14-32-64-61)67(59)46-19-8-3-9-20-46/h1-39H. The van der Waals surface area contributed by atoms with Gasteiger partial charge in [0.25, 0.3) is 0 Å². The first-order valence-electron chi connectivity index (χ1n) is 23.2. The number of aromatic nitrogens is 7. The molecule has 7 aromatic carbocycles. The third kappa shape index (κ3) is 6.29. The molecule has 7 aromatic heterocycles. The molecule has 0 bridgehead atoms. The van der Waals surface area contributed by atoms with E-state index in [9.17, 15) is 0 Å². The number of rotatable bonds is 7. The summed E-state index contributed by atoms with van der Waals surface area (Å²) < 4.78 is 6.88. The lowest BCUT2D eigenvalue weighted by Crippen LogP contribution is -2.00. The molecule has 0 spiro atoms. The Morgan fingerprint density at radius 1 is 0.290 bits per heavy atom. The van der Waals surface area contributed by atoms with Gasteiger partial charge in [-0.1, -0.05) is 127 Å². The van der Waals surface area contributed by atoms with Crippen molar-refractivity contribution in [1.29, 1.82) is 0 Å². The van der Waals surface area contributed by atoms with E-state index < -0.39 is 0 Å². The Labute approximate surface area is 396 Å². The van der Waals surface area contributed by atoms with Gasteiger partial charge in [0, 0.05) is 50.8 Å². The normalized spacial score (nSPS) is 11.8. The number of fused-ring (bicyclic) bond motifs is 9. The summed E-state index contributed by atoms with van der Waals surface area (Å²) in [5, 5.41) is 4.70. The van der Waals surface area contributed by atoms with Crippen molar-refractivity contribution in [2.75, 3.05) is 0 Å². The van der Waals surface area contributed by atoms with Gasteiger partial charge in [0.05, 0.1) is 56.4 Å². The van der Waals surface area contributed by atoms with E-state index in [4.69, 9.17) is 19.9 Å². The molecule has 0 saturated heterocycles. The largest absolute Gasteiger partial charge is 0.308 e. The lowest BCUT2D eigenvalue weighted by molar-refractivity contribution is 1.08. The summed E-state index contributed by atoms with van der Waals surface area (Å²) in [6.07, 6.45) is 5.69. The van der Waals surface area contributed by atoms with Gasteiger partial charge in [-0.25, -0.2) is 9.97 Å². The van der Waals surface area contributed by atoms with Crippen LogP contribution in [0.25, 0.3) is 128 Å². The van der Waals surface area contributed by atoms with Gasteiger partial charge >= 0.3 is 0 Å². The van der Waals surface area contributed by atoms with Crippen LogP contribution in [0.15, 0.2) is 237 Å². The Morgan fingerprint density at radius 2 is 0.855 bits per heavy atom. The highest BCUT2D eigenvalue weighted by Crippen LogP contribution is 2.40. The summed E-state index contributed by atoms with van der Waals surface area (Å²) in [6.45, 7) is 0. The molecule has 7 nitrogen and oxygen atoms in total. The summed E-state index contributed by atoms with van der Waals surface area (Å²) in [5.74, 6) is 0.881. The van der Waals surface area contributed by atoms with E-state index in [1.807, 2.05) is 36.8 Å². The lowest BCUT2D eigenvalue weighted by Gasteiger charge is -2.13. The van der Waals surface area contributed by atoms with E-state index in [0.717, 1.165) is 106 Å². The van der Waals surface area contributed by atoms with Crippen molar-refractivity contribution in [3.05, 3.63) is 237 Å². The number of benzene rings is 7. The summed E-state index contributed by atoms with van der Waals surface area (Å²) in [6, 6.07) is 77.4. The highest BCUT2D eigenvalue weighted by molar-refractivity contribution is 6.13. The molecular formula is C62H39N7. The molecule has 0 amide bonds. The van der Waals surface area contributed by atoms with Crippen molar-refractivity contribution in [2.24, 2.45) is 0 Å². The zero-order chi connectivity index (χ0) is 45.4. The number of nitrogens with zero attached hydrogens (tertiary/aromatic N) is 7. The fourth-order valence-electron chi connectivity index (χ4n) is 10.4. The molecule has 14 aromatic rings. The van der Waals surface area contributed by atoms with Crippen LogP contribution < -0.4 is 0 Å². The van der Waals surface area contributed by atoms with Crippen molar-refractivity contribution < 1.29 is 0 Å². The summed E-state index contributed by atoms with van der Waals surface area (Å²) >= 11 is 0. The average Bonchev–Trinajstić information content (AvgIpc) is 4.06. The van der Waals surface area contributed by atoms with Gasteiger partial charge < -0.3 is 9.13 Å². The maximum absolute atomic E-state index is 5.35. The van der Waals surface area contributed by atoms with Gasteiger partial charge in [-0.05, 0) is 113 Å². The van der Waals surface area contributed by atoms with E-state index in [2.05, 4.69) is 214 Å². The molecular weight excluding hydrogens is 843 g/mol. The molecule has 0 N–H and O–H groups in total. The minimum atomic E-state index is 0.839. The maximum Gasteiger partial charge on any atom is 0.138 e. The predicted octanol–water partition coefficient (Wildman–Crippen LogP) is 15.2. The Balaban J connectivity index is 0.881. The minimum Gasteiger partial charge on any atom is -0.308 e. The maximum atomic E-state index is 5.35. The van der Waals surface area contributed by atoms with E-state index in [-0.39, 0.29) is 0 Å². The average molecular weight is 882 g/mol. The van der Waals surface area contributed by atoms with Gasteiger partial charge in [0.2, 0.25) is 0 Å². The van der Waals surface area contributed by atoms with Gasteiger partial charge in [-0.2, -0.15) is 0 Å². The number of para-hydroxylation sites is 3. The van der Waals surface area contributed by atoms with Crippen molar-refractivity contribution in [3.63, 3.8) is 0 Å². The zero-order valence-corrected chi connectivity index (χ0v) is 37.1. The van der Waals surface area contributed by atoms with Crippen LogP contribution in [0.2, 0.25) is 0 Å². The first kappa shape index (κ1) is 38.8. The molecule has 322 valence electrons. The highest BCUT2D eigenvalue weighted by atomic mass is 15.1. The SMILES string of the molecule is c1ccc(-c2cc(-c3ccccc3)nc(-n3c4ccccc4c4cc(-c5ccc6c(c5)c5ccccc5n6-c5cncc(-c6ccc7c(n6)c6ncccc6n7-c6ccccc6)c5)ccc43)c2)cc1. The Hall–Kier alpha value is -9.46. The van der Waals surface area contributed by atoms with Crippen LogP contribution in [-0.4, -0.2) is 33.6 Å². The molecule has 0 atom stereocenters. The first-order valence-corrected chi connectivity index (χ1v) is 23.2. The molecule has 14 rings (SSSR count). The van der Waals surface area contributed by atoms with E-state index in [1.165, 1.54) is 21.5 Å². The quantitative estimate of drug-likeness (QED) is 0.160. The molecule has 7 heterocycles. The van der Waals surface area contributed by atoms with Gasteiger partial charge in [-0.3, -0.25) is 14.5 Å². The molecule has 69 heavy (non-hydrogen) atoms. The Bertz CT molecular complexity index is 4240. The Kier molecular flexibility index (Phi) is 8.75. The second kappa shape index (κ2) is 15.6. The monoisotopic (exact) mass is 881 g/mol. The zero-order valence-electron chi connectivity index (χ0n) is 37.1. The second-order valence-corrected chi connectivity index (χ2v) is 17.5. The van der Waals surface area contributed by atoms with E-state index in [1.54, 1.807) is 0 Å². The van der Waals surface area contributed by atoms with Crippen LogP contribution >= 0.6 is 0 Å². The second-order valence-electron chi connectivity index (χ2n) is 17.5. The van der Waals surface area contributed by atoms with Crippen molar-refractivity contribution in [2.45, 2.75) is 0 Å². The van der Waals surface area contributed by atoms with Crippen molar-refractivity contribution >= 4 is 65.7 Å². The van der Waals surface area contributed by atoms with Crippen LogP contribution in [-0.2, 0) is 0 Å². The first-order chi connectivity index (χ1) is 34.2. The third-order valence-corrected chi connectivity index (χ3v) is 13.6. The third-order valence-electron chi connectivity index (χ3n) is 13.6. The van der Waals surface area contributed by atoms with E-state index in [0.29, 0.717) is 0 Å². The summed E-state index contributed by atoms with van der Waals surface area (Å²) in [4.78, 5) is 20.2. The molecule has 7 heteroatoms. The van der Waals surface area contributed by atoms with Crippen LogP contribution in [0.3, 0.4) is 0 Å². The van der Waals surface area contributed by atoms with Gasteiger partial charge in [-0.15, -0.1) is 0 Å². The van der Waals surface area contributed by atoms with Crippen LogP contribution in [0.1, 0.15) is 0 Å². The lowest BCUT2D eigenvalue weighted by atomic mass is 10.0. The Morgan fingerprint density at radius 3 is 1.58 bits per heavy atom. The summed E-state index contributed by atoms with van der Waals surface area (Å²) in [5.41, 5.74) is 18.6. The highest BCUT2D eigenvalue weighted by Gasteiger charge is 2.20. The fraction of sp³-hybridized carbons (Fsp3) is 0. The molecule has 0 radical (unpaired) electrons. The molecule has 0 aliphatic heterocycles. The van der Waals surface area contributed by atoms with Crippen LogP contribution in [0, 0.1) is 0 Å².